The maximum absolute atomic E-state index is 12.3. The van der Waals surface area contributed by atoms with Crippen molar-refractivity contribution >= 4 is 11.6 Å². The van der Waals surface area contributed by atoms with E-state index in [4.69, 9.17) is 10.5 Å². The molecule has 0 bridgehead atoms. The van der Waals surface area contributed by atoms with Gasteiger partial charge in [0, 0.05) is 5.56 Å². The summed E-state index contributed by atoms with van der Waals surface area (Å²) in [5, 5.41) is 0. The normalized spacial score (nSPS) is 17.9. The van der Waals surface area contributed by atoms with Gasteiger partial charge in [0.1, 0.15) is 11.6 Å². The van der Waals surface area contributed by atoms with Gasteiger partial charge in [0.15, 0.2) is 0 Å². The Bertz CT molecular complexity index is 525. The smallest absolute Gasteiger partial charge is 0.218 e. The second-order valence-corrected chi connectivity index (χ2v) is 6.46. The predicted octanol–water partition coefficient (Wildman–Crippen LogP) is 2.86. The molecule has 1 saturated heterocycles. The van der Waals surface area contributed by atoms with Crippen molar-refractivity contribution in [3.63, 3.8) is 0 Å². The van der Waals surface area contributed by atoms with Crippen molar-refractivity contribution in [2.24, 2.45) is 5.92 Å². The summed E-state index contributed by atoms with van der Waals surface area (Å²) in [5.41, 5.74) is 6.62. The summed E-state index contributed by atoms with van der Waals surface area (Å²) >= 11 is 0. The van der Waals surface area contributed by atoms with Crippen LogP contribution in [-0.2, 0) is 4.79 Å². The van der Waals surface area contributed by atoms with Crippen LogP contribution in [0.3, 0.4) is 0 Å². The lowest BCUT2D eigenvalue weighted by molar-refractivity contribution is -0.120. The van der Waals surface area contributed by atoms with Crippen molar-refractivity contribution in [2.75, 3.05) is 32.5 Å². The fourth-order valence-electron chi connectivity index (χ4n) is 3.56. The molecule has 0 saturated carbocycles. The Morgan fingerprint density at radius 2 is 2.13 bits per heavy atom. The number of ether oxygens (including phenoxy) is 1. The Hall–Kier alpha value is -1.62. The topological polar surface area (TPSA) is 68.5 Å². The molecule has 0 aromatic carbocycles. The molecular weight excluding hydrogens is 290 g/mol. The van der Waals surface area contributed by atoms with Gasteiger partial charge in [-0.05, 0) is 63.9 Å². The Kier molecular flexibility index (Phi) is 6.39. The number of nitrogens with two attached hydrogens (primary N) is 1. The molecule has 0 amide bonds. The maximum Gasteiger partial charge on any atom is 0.218 e. The number of carbonyl (C=O) groups excluding carboxylic acids is 1. The van der Waals surface area contributed by atoms with Gasteiger partial charge in [-0.15, -0.1) is 0 Å². The number of methoxy groups -OCH3 is 1. The van der Waals surface area contributed by atoms with Crippen molar-refractivity contribution in [2.45, 2.75) is 45.4 Å². The molecule has 0 aliphatic carbocycles. The van der Waals surface area contributed by atoms with E-state index in [-0.39, 0.29) is 11.7 Å². The minimum Gasteiger partial charge on any atom is -0.481 e. The van der Waals surface area contributed by atoms with Gasteiger partial charge in [0.2, 0.25) is 5.88 Å². The van der Waals surface area contributed by atoms with E-state index in [2.05, 4.69) is 16.8 Å². The molecule has 1 aliphatic rings. The Morgan fingerprint density at radius 1 is 1.43 bits per heavy atom. The fourth-order valence-corrected chi connectivity index (χ4v) is 3.56. The van der Waals surface area contributed by atoms with E-state index >= 15 is 0 Å². The van der Waals surface area contributed by atoms with Crippen LogP contribution in [0.2, 0.25) is 0 Å². The van der Waals surface area contributed by atoms with E-state index in [9.17, 15) is 4.79 Å². The third-order valence-corrected chi connectivity index (χ3v) is 4.81. The van der Waals surface area contributed by atoms with Gasteiger partial charge in [-0.3, -0.25) is 4.79 Å². The van der Waals surface area contributed by atoms with Crippen LogP contribution in [0, 0.1) is 5.92 Å². The third kappa shape index (κ3) is 4.44. The molecule has 1 fully saturated rings. The molecule has 2 rings (SSSR count). The molecule has 1 aromatic rings. The highest BCUT2D eigenvalue weighted by Gasteiger charge is 2.32. The van der Waals surface area contributed by atoms with Crippen LogP contribution < -0.4 is 10.5 Å². The van der Waals surface area contributed by atoms with Gasteiger partial charge in [0.25, 0.3) is 0 Å². The average molecular weight is 319 g/mol. The molecule has 2 heterocycles. The number of hydrogen-bond donors (Lipinski definition) is 1. The zero-order valence-electron chi connectivity index (χ0n) is 14.5. The maximum atomic E-state index is 12.3. The molecule has 5 nitrogen and oxygen atoms in total. The second kappa shape index (κ2) is 8.29. The molecule has 0 radical (unpaired) electrons. The molecule has 1 unspecified atom stereocenters. The van der Waals surface area contributed by atoms with E-state index in [1.165, 1.54) is 19.4 Å². The quantitative estimate of drug-likeness (QED) is 0.837. The van der Waals surface area contributed by atoms with E-state index in [1.54, 1.807) is 20.1 Å². The number of ketones is 1. The highest BCUT2D eigenvalue weighted by Crippen LogP contribution is 2.37. The number of carbonyl (C=O) groups is 1. The minimum absolute atomic E-state index is 0.147. The number of nitrogen functional groups attached to an aromatic ring is 1. The number of nitrogens with zero attached hydrogens (tertiary/aromatic N) is 2. The lowest BCUT2D eigenvalue weighted by Gasteiger charge is -2.35. The summed E-state index contributed by atoms with van der Waals surface area (Å²) in [5.74, 6) is 1.29. The first-order valence-electron chi connectivity index (χ1n) is 8.60. The number of rotatable bonds is 7. The van der Waals surface area contributed by atoms with Crippen LogP contribution in [0.15, 0.2) is 12.1 Å². The molecule has 1 aliphatic heterocycles. The van der Waals surface area contributed by atoms with E-state index < -0.39 is 0 Å². The summed E-state index contributed by atoms with van der Waals surface area (Å²) in [6.45, 7) is 7.20. The third-order valence-electron chi connectivity index (χ3n) is 4.81. The SMILES string of the molecule is CCCCN1CCC(C(C(C)=O)c2ccc(N)nc2OC)CC1. The number of piperidine rings is 1. The summed E-state index contributed by atoms with van der Waals surface area (Å²) in [7, 11) is 1.58. The number of likely N-dealkylation sites (tertiary alicyclic amines) is 1. The van der Waals surface area contributed by atoms with Gasteiger partial charge in [-0.1, -0.05) is 13.3 Å². The highest BCUT2D eigenvalue weighted by molar-refractivity contribution is 5.84. The number of anilines is 1. The zero-order valence-corrected chi connectivity index (χ0v) is 14.5. The van der Waals surface area contributed by atoms with Crippen molar-refractivity contribution < 1.29 is 9.53 Å². The lowest BCUT2D eigenvalue weighted by Crippen LogP contribution is -2.37. The van der Waals surface area contributed by atoms with Gasteiger partial charge in [-0.2, -0.15) is 4.98 Å². The van der Waals surface area contributed by atoms with Gasteiger partial charge in [-0.25, -0.2) is 0 Å². The summed E-state index contributed by atoms with van der Waals surface area (Å²) in [6, 6.07) is 3.65. The number of aromatic nitrogens is 1. The van der Waals surface area contributed by atoms with E-state index in [1.807, 2.05) is 6.07 Å². The first-order chi connectivity index (χ1) is 11.1. The Morgan fingerprint density at radius 3 is 2.70 bits per heavy atom. The lowest BCUT2D eigenvalue weighted by atomic mass is 9.78. The van der Waals surface area contributed by atoms with Gasteiger partial charge < -0.3 is 15.4 Å². The summed E-state index contributed by atoms with van der Waals surface area (Å²) < 4.78 is 5.37. The van der Waals surface area contributed by atoms with Crippen LogP contribution in [-0.4, -0.2) is 42.4 Å². The van der Waals surface area contributed by atoms with Crippen LogP contribution in [0.4, 0.5) is 5.82 Å². The summed E-state index contributed by atoms with van der Waals surface area (Å²) in [6.07, 6.45) is 4.56. The van der Waals surface area contributed by atoms with E-state index in [0.29, 0.717) is 17.6 Å². The fraction of sp³-hybridized carbons (Fsp3) is 0.667. The summed E-state index contributed by atoms with van der Waals surface area (Å²) in [4.78, 5) is 19.1. The van der Waals surface area contributed by atoms with Crippen molar-refractivity contribution in [3.05, 3.63) is 17.7 Å². The number of Topliss-reactive ketones (excluding diaryl/α,β-unsaturated/α-hetero) is 1. The van der Waals surface area contributed by atoms with Crippen molar-refractivity contribution in [1.29, 1.82) is 0 Å². The van der Waals surface area contributed by atoms with Crippen LogP contribution in [0.1, 0.15) is 51.0 Å². The van der Waals surface area contributed by atoms with Gasteiger partial charge >= 0.3 is 0 Å². The second-order valence-electron chi connectivity index (χ2n) is 6.46. The minimum atomic E-state index is -0.147. The molecule has 23 heavy (non-hydrogen) atoms. The molecular formula is C18H29N3O2. The first-order valence-corrected chi connectivity index (χ1v) is 8.60. The number of unbranched alkanes of at least 4 members (excludes halogenated alkanes) is 1. The molecule has 2 N–H and O–H groups in total. The van der Waals surface area contributed by atoms with Crippen LogP contribution >= 0.6 is 0 Å². The molecule has 0 spiro atoms. The molecule has 1 atom stereocenters. The molecule has 1 aromatic heterocycles. The Balaban J connectivity index is 2.13. The van der Waals surface area contributed by atoms with Crippen LogP contribution in [0.5, 0.6) is 5.88 Å². The predicted molar refractivity (Wildman–Crippen MR) is 92.7 cm³/mol. The first kappa shape index (κ1) is 17.7. The van der Waals surface area contributed by atoms with Gasteiger partial charge in [0.05, 0.1) is 13.0 Å². The monoisotopic (exact) mass is 319 g/mol. The molecule has 128 valence electrons. The number of pyridine rings is 1. The van der Waals surface area contributed by atoms with Crippen molar-refractivity contribution in [1.82, 2.24) is 9.88 Å². The van der Waals surface area contributed by atoms with Crippen molar-refractivity contribution in [3.8, 4) is 5.88 Å². The zero-order chi connectivity index (χ0) is 16.8. The Labute approximate surface area is 139 Å². The average Bonchev–Trinajstić information content (AvgIpc) is 2.55. The van der Waals surface area contributed by atoms with Crippen LogP contribution in [0.25, 0.3) is 0 Å². The standard InChI is InChI=1S/C18H29N3O2/c1-4-5-10-21-11-8-14(9-12-21)17(13(2)22)15-6-7-16(19)20-18(15)23-3/h6-7,14,17H,4-5,8-12H2,1-3H3,(H2,19,20). The number of hydrogen-bond acceptors (Lipinski definition) is 5. The van der Waals surface area contributed by atoms with E-state index in [0.717, 1.165) is 31.5 Å². The largest absolute Gasteiger partial charge is 0.481 e. The molecule has 5 heteroatoms. The highest BCUT2D eigenvalue weighted by atomic mass is 16.5.